The number of thiophene rings is 1. The molecule has 0 saturated heterocycles. The molecule has 2 N–H and O–H groups in total. The van der Waals surface area contributed by atoms with Crippen molar-refractivity contribution in [3.63, 3.8) is 0 Å². The Morgan fingerprint density at radius 3 is 2.34 bits per heavy atom. The Hall–Kier alpha value is -3.62. The van der Waals surface area contributed by atoms with Crippen LogP contribution in [0.2, 0.25) is 5.02 Å². The second kappa shape index (κ2) is 11.8. The molecule has 0 atom stereocenters. The first kappa shape index (κ1) is 27.4. The summed E-state index contributed by atoms with van der Waals surface area (Å²) in [5.74, 6) is -1.33. The number of amides is 2. The first-order valence-electron chi connectivity index (χ1n) is 12.5. The number of para-hydroxylation sites is 1. The van der Waals surface area contributed by atoms with E-state index in [2.05, 4.69) is 17.6 Å². The van der Waals surface area contributed by atoms with Gasteiger partial charge in [-0.3, -0.25) is 9.59 Å². The highest BCUT2D eigenvalue weighted by Gasteiger charge is 2.28. The van der Waals surface area contributed by atoms with Gasteiger partial charge in [0.05, 0.1) is 17.0 Å². The van der Waals surface area contributed by atoms with Gasteiger partial charge in [0, 0.05) is 28.2 Å². The predicted octanol–water partition coefficient (Wildman–Crippen LogP) is 7.45. The molecule has 0 aliphatic rings. The maximum Gasteiger partial charge on any atom is 0.341 e. The minimum absolute atomic E-state index is 0.165. The van der Waals surface area contributed by atoms with Crippen LogP contribution in [0.3, 0.4) is 0 Å². The average Bonchev–Trinajstić information content (AvgIpc) is 3.37. The van der Waals surface area contributed by atoms with E-state index < -0.39 is 11.9 Å². The van der Waals surface area contributed by atoms with E-state index in [4.69, 9.17) is 16.3 Å². The molecule has 0 aliphatic carbocycles. The monoisotopic (exact) mass is 551 g/mol. The minimum atomic E-state index is -0.592. The number of esters is 1. The van der Waals surface area contributed by atoms with Crippen LogP contribution < -0.4 is 10.6 Å². The van der Waals surface area contributed by atoms with E-state index in [1.807, 2.05) is 35.8 Å². The first-order chi connectivity index (χ1) is 18.3. The maximum absolute atomic E-state index is 13.7. The molecule has 0 saturated carbocycles. The largest absolute Gasteiger partial charge is 0.462 e. The van der Waals surface area contributed by atoms with Crippen LogP contribution >= 0.6 is 22.9 Å². The van der Waals surface area contributed by atoms with E-state index in [9.17, 15) is 14.4 Å². The highest BCUT2D eigenvalue weighted by atomic mass is 35.5. The Bertz CT molecular complexity index is 1500. The molecule has 4 rings (SSSR count). The van der Waals surface area contributed by atoms with Crippen molar-refractivity contribution in [1.82, 2.24) is 4.57 Å². The van der Waals surface area contributed by atoms with Crippen molar-refractivity contribution in [2.75, 3.05) is 17.2 Å². The van der Waals surface area contributed by atoms with Crippen molar-refractivity contribution in [3.05, 3.63) is 80.8 Å². The molecule has 9 heteroatoms. The van der Waals surface area contributed by atoms with Gasteiger partial charge in [0.15, 0.2) is 0 Å². The standard InChI is InChI=1S/C29H30ClN3O4S/c1-5-7-16-33-22-11-9-8-10-21(22)17(3)24(33)26(34)32-28-23(29(36)37-6-2)18(4)25(38-28)27(35)31-20-14-12-19(30)13-15-20/h8-15H,5-7,16H2,1-4H3,(H,31,35)(H,32,34). The van der Waals surface area contributed by atoms with Gasteiger partial charge in [-0.15, -0.1) is 11.3 Å². The molecule has 0 unspecified atom stereocenters. The van der Waals surface area contributed by atoms with Crippen molar-refractivity contribution in [2.45, 2.75) is 47.1 Å². The van der Waals surface area contributed by atoms with Gasteiger partial charge in [0.1, 0.15) is 10.7 Å². The molecule has 7 nitrogen and oxygen atoms in total. The molecular weight excluding hydrogens is 522 g/mol. The number of rotatable bonds is 9. The third kappa shape index (κ3) is 5.47. The lowest BCUT2D eigenvalue weighted by molar-refractivity contribution is 0.0527. The van der Waals surface area contributed by atoms with E-state index in [1.165, 1.54) is 0 Å². The van der Waals surface area contributed by atoms with Crippen LogP contribution in [0, 0.1) is 13.8 Å². The smallest absolute Gasteiger partial charge is 0.341 e. The molecule has 0 aliphatic heterocycles. The van der Waals surface area contributed by atoms with Crippen molar-refractivity contribution in [3.8, 4) is 0 Å². The van der Waals surface area contributed by atoms with Gasteiger partial charge in [-0.25, -0.2) is 4.79 Å². The average molecular weight is 552 g/mol. The highest BCUT2D eigenvalue weighted by Crippen LogP contribution is 2.36. The summed E-state index contributed by atoms with van der Waals surface area (Å²) in [6, 6.07) is 14.7. The number of aryl methyl sites for hydroxylation is 2. The second-order valence-corrected chi connectivity index (χ2v) is 10.3. The lowest BCUT2D eigenvalue weighted by atomic mass is 10.1. The molecule has 2 aromatic carbocycles. The van der Waals surface area contributed by atoms with Gasteiger partial charge < -0.3 is 19.9 Å². The number of carbonyl (C=O) groups excluding carboxylic acids is 3. The zero-order valence-electron chi connectivity index (χ0n) is 21.8. The fraction of sp³-hybridized carbons (Fsp3) is 0.276. The van der Waals surface area contributed by atoms with Crippen LogP contribution in [-0.2, 0) is 11.3 Å². The summed E-state index contributed by atoms with van der Waals surface area (Å²) in [6.07, 6.45) is 1.90. The molecule has 2 heterocycles. The number of anilines is 2. The van der Waals surface area contributed by atoms with Crippen LogP contribution in [0.1, 0.15) is 68.3 Å². The molecule has 0 spiro atoms. The van der Waals surface area contributed by atoms with E-state index in [-0.39, 0.29) is 23.1 Å². The summed E-state index contributed by atoms with van der Waals surface area (Å²) in [4.78, 5) is 40.1. The minimum Gasteiger partial charge on any atom is -0.462 e. The Kier molecular flexibility index (Phi) is 8.54. The molecule has 0 radical (unpaired) electrons. The third-order valence-corrected chi connectivity index (χ3v) is 7.79. The molecule has 4 aromatic rings. The Morgan fingerprint density at radius 2 is 1.66 bits per heavy atom. The van der Waals surface area contributed by atoms with E-state index in [0.29, 0.717) is 33.4 Å². The number of ether oxygens (including phenoxy) is 1. The lowest BCUT2D eigenvalue weighted by Crippen LogP contribution is -2.19. The first-order valence-corrected chi connectivity index (χ1v) is 13.7. The molecule has 0 fully saturated rings. The molecule has 2 amide bonds. The zero-order chi connectivity index (χ0) is 27.4. The number of nitrogens with zero attached hydrogens (tertiary/aromatic N) is 1. The third-order valence-electron chi connectivity index (χ3n) is 6.34. The number of unbranched alkanes of at least 4 members (excludes halogenated alkanes) is 1. The molecule has 38 heavy (non-hydrogen) atoms. The van der Waals surface area contributed by atoms with Crippen LogP contribution in [0.4, 0.5) is 10.7 Å². The van der Waals surface area contributed by atoms with Crippen molar-refractivity contribution in [1.29, 1.82) is 0 Å². The molecule has 198 valence electrons. The lowest BCUT2D eigenvalue weighted by Gasteiger charge is -2.12. The van der Waals surface area contributed by atoms with Crippen molar-refractivity contribution >= 4 is 62.3 Å². The van der Waals surface area contributed by atoms with Gasteiger partial charge in [-0.2, -0.15) is 0 Å². The Balaban J connectivity index is 1.73. The van der Waals surface area contributed by atoms with Crippen LogP contribution in [0.5, 0.6) is 0 Å². The number of halogens is 1. The van der Waals surface area contributed by atoms with Crippen LogP contribution in [0.25, 0.3) is 10.9 Å². The number of nitrogens with one attached hydrogen (secondary N) is 2. The van der Waals surface area contributed by atoms with E-state index in [0.717, 1.165) is 40.6 Å². The fourth-order valence-electron chi connectivity index (χ4n) is 4.47. The summed E-state index contributed by atoms with van der Waals surface area (Å²) < 4.78 is 7.30. The summed E-state index contributed by atoms with van der Waals surface area (Å²) in [7, 11) is 0. The molecular formula is C29H30ClN3O4S. The highest BCUT2D eigenvalue weighted by molar-refractivity contribution is 7.19. The van der Waals surface area contributed by atoms with Gasteiger partial charge in [-0.05, 0) is 68.7 Å². The predicted molar refractivity (Wildman–Crippen MR) is 154 cm³/mol. The topological polar surface area (TPSA) is 89.4 Å². The maximum atomic E-state index is 13.7. The number of aromatic nitrogens is 1. The van der Waals surface area contributed by atoms with Crippen molar-refractivity contribution < 1.29 is 19.1 Å². The Labute approximate surface area is 230 Å². The Morgan fingerprint density at radius 1 is 0.947 bits per heavy atom. The summed E-state index contributed by atoms with van der Waals surface area (Å²) in [6.45, 7) is 8.28. The summed E-state index contributed by atoms with van der Waals surface area (Å²) in [5.41, 5.74) is 3.57. The van der Waals surface area contributed by atoms with Gasteiger partial charge in [-0.1, -0.05) is 43.1 Å². The number of carbonyl (C=O) groups is 3. The fourth-order valence-corrected chi connectivity index (χ4v) is 5.68. The van der Waals surface area contributed by atoms with Gasteiger partial charge >= 0.3 is 5.97 Å². The number of benzene rings is 2. The van der Waals surface area contributed by atoms with E-state index in [1.54, 1.807) is 38.1 Å². The summed E-state index contributed by atoms with van der Waals surface area (Å²) >= 11 is 7.00. The molecule has 0 bridgehead atoms. The number of hydrogen-bond acceptors (Lipinski definition) is 5. The van der Waals surface area contributed by atoms with Crippen LogP contribution in [0.15, 0.2) is 48.5 Å². The number of hydrogen-bond donors (Lipinski definition) is 2. The van der Waals surface area contributed by atoms with Crippen LogP contribution in [-0.4, -0.2) is 29.0 Å². The van der Waals surface area contributed by atoms with Gasteiger partial charge in [0.25, 0.3) is 11.8 Å². The van der Waals surface area contributed by atoms with E-state index >= 15 is 0 Å². The van der Waals surface area contributed by atoms with Gasteiger partial charge in [0.2, 0.25) is 0 Å². The zero-order valence-corrected chi connectivity index (χ0v) is 23.4. The number of fused-ring (bicyclic) bond motifs is 1. The second-order valence-electron chi connectivity index (χ2n) is 8.89. The molecule has 2 aromatic heterocycles. The SMILES string of the molecule is CCCCn1c(C(=O)Nc2sc(C(=O)Nc3ccc(Cl)cc3)c(C)c2C(=O)OCC)c(C)c2ccccc21. The summed E-state index contributed by atoms with van der Waals surface area (Å²) in [5, 5.41) is 7.59. The normalized spacial score (nSPS) is 11.0. The quantitative estimate of drug-likeness (QED) is 0.211. The van der Waals surface area contributed by atoms with Crippen molar-refractivity contribution in [2.24, 2.45) is 0 Å².